The molecule has 1 aromatic heterocycles. The van der Waals surface area contributed by atoms with Gasteiger partial charge in [-0.05, 0) is 138 Å². The molecule has 0 spiro atoms. The fourth-order valence-electron chi connectivity index (χ4n) is 10.5. The van der Waals surface area contributed by atoms with Gasteiger partial charge in [0, 0.05) is 31.2 Å². The van der Waals surface area contributed by atoms with Crippen LogP contribution in [0.25, 0.3) is 85.9 Å². The van der Waals surface area contributed by atoms with Crippen LogP contribution >= 0.6 is 11.3 Å². The summed E-state index contributed by atoms with van der Waals surface area (Å²) in [5.41, 5.74) is 14.9. The van der Waals surface area contributed by atoms with Crippen LogP contribution in [0.5, 0.6) is 0 Å². The summed E-state index contributed by atoms with van der Waals surface area (Å²) in [4.78, 5) is 2.58. The minimum Gasteiger partial charge on any atom is -0.309 e. The average Bonchev–Trinajstić information content (AvgIpc) is 3.78. The second kappa shape index (κ2) is 11.8. The maximum absolute atomic E-state index is 2.58. The Morgan fingerprint density at radius 1 is 0.379 bits per heavy atom. The van der Waals surface area contributed by atoms with Crippen LogP contribution in [0.2, 0.25) is 0 Å². The normalized spacial score (nSPS) is 15.4. The third-order valence-corrected chi connectivity index (χ3v) is 14.3. The van der Waals surface area contributed by atoms with Gasteiger partial charge in [-0.3, -0.25) is 0 Å². The van der Waals surface area contributed by atoms with E-state index >= 15 is 0 Å². The smallest absolute Gasteiger partial charge is 0.0546 e. The summed E-state index contributed by atoms with van der Waals surface area (Å²) in [6.07, 6.45) is 0. The SMILES string of the molecule is CC12c3cc4ccccc4cc3-c3cccc(c31)N(c1ccc3ccccc3c1-c1ccc3ccccc3c1)c1ccc(-c3ccc4c(c3)sc3ccccc34)cc12. The van der Waals surface area contributed by atoms with Crippen LogP contribution in [-0.2, 0) is 5.41 Å². The first-order chi connectivity index (χ1) is 28.6. The first-order valence-electron chi connectivity index (χ1n) is 20.2. The van der Waals surface area contributed by atoms with Crippen molar-refractivity contribution in [3.63, 3.8) is 0 Å². The maximum Gasteiger partial charge on any atom is 0.0546 e. The van der Waals surface area contributed by atoms with Gasteiger partial charge in [0.25, 0.3) is 0 Å². The Morgan fingerprint density at radius 3 is 1.88 bits per heavy atom. The second-order valence-corrected chi connectivity index (χ2v) is 17.3. The lowest BCUT2D eigenvalue weighted by Gasteiger charge is -2.43. The van der Waals surface area contributed by atoms with Crippen molar-refractivity contribution in [2.45, 2.75) is 12.3 Å². The number of nitrogens with zero attached hydrogens (tertiary/aromatic N) is 1. The quantitative estimate of drug-likeness (QED) is 0.174. The number of hydrogen-bond acceptors (Lipinski definition) is 2. The van der Waals surface area contributed by atoms with Gasteiger partial charge < -0.3 is 4.90 Å². The zero-order valence-electron chi connectivity index (χ0n) is 31.8. The molecular weight excluding hydrogens is 719 g/mol. The molecule has 0 amide bonds. The van der Waals surface area contributed by atoms with E-state index in [0.717, 1.165) is 0 Å². The predicted molar refractivity (Wildman–Crippen MR) is 248 cm³/mol. The maximum atomic E-state index is 2.58. The van der Waals surface area contributed by atoms with Gasteiger partial charge in [-0.2, -0.15) is 0 Å². The van der Waals surface area contributed by atoms with Gasteiger partial charge in [0.1, 0.15) is 0 Å². The van der Waals surface area contributed by atoms with E-state index in [0.29, 0.717) is 0 Å². The molecule has 2 heterocycles. The fourth-order valence-corrected chi connectivity index (χ4v) is 11.6. The van der Waals surface area contributed by atoms with E-state index in [2.05, 4.69) is 206 Å². The highest BCUT2D eigenvalue weighted by Gasteiger charge is 2.49. The van der Waals surface area contributed by atoms with Gasteiger partial charge in [0.15, 0.2) is 0 Å². The molecule has 1 atom stereocenters. The summed E-state index contributed by atoms with van der Waals surface area (Å²) in [5, 5.41) is 10.2. The molecule has 13 rings (SSSR count). The van der Waals surface area contributed by atoms with Gasteiger partial charge in [-0.25, -0.2) is 0 Å². The Hall–Kier alpha value is -7.00. The average molecular weight is 754 g/mol. The molecule has 1 unspecified atom stereocenters. The van der Waals surface area contributed by atoms with Crippen molar-refractivity contribution in [3.05, 3.63) is 211 Å². The predicted octanol–water partition coefficient (Wildman–Crippen LogP) is 16.0. The highest BCUT2D eigenvalue weighted by Crippen LogP contribution is 2.64. The van der Waals surface area contributed by atoms with Crippen LogP contribution in [0.4, 0.5) is 17.1 Å². The van der Waals surface area contributed by atoms with Crippen LogP contribution in [0.1, 0.15) is 23.6 Å². The molecule has 11 aromatic rings. The highest BCUT2D eigenvalue weighted by molar-refractivity contribution is 7.25. The van der Waals surface area contributed by atoms with Gasteiger partial charge >= 0.3 is 0 Å². The van der Waals surface area contributed by atoms with Crippen molar-refractivity contribution in [3.8, 4) is 33.4 Å². The number of hydrogen-bond donors (Lipinski definition) is 0. The Morgan fingerprint density at radius 2 is 1.02 bits per heavy atom. The summed E-state index contributed by atoms with van der Waals surface area (Å²) in [5.74, 6) is 0. The molecule has 0 fully saturated rings. The molecule has 0 radical (unpaired) electrons. The van der Waals surface area contributed by atoms with Gasteiger partial charge in [0.05, 0.1) is 17.1 Å². The van der Waals surface area contributed by atoms with Crippen molar-refractivity contribution in [1.82, 2.24) is 0 Å². The van der Waals surface area contributed by atoms with E-state index in [1.807, 2.05) is 11.3 Å². The highest BCUT2D eigenvalue weighted by atomic mass is 32.1. The first-order valence-corrected chi connectivity index (χ1v) is 21.0. The van der Waals surface area contributed by atoms with Gasteiger partial charge in [-0.15, -0.1) is 11.3 Å². The molecule has 1 aliphatic heterocycles. The molecule has 0 saturated carbocycles. The van der Waals surface area contributed by atoms with Crippen LogP contribution in [-0.4, -0.2) is 0 Å². The monoisotopic (exact) mass is 753 g/mol. The molecule has 2 heteroatoms. The van der Waals surface area contributed by atoms with Crippen LogP contribution in [0, 0.1) is 0 Å². The standard InChI is InChI=1S/C56H35NS/c1-56-47-31-38-15-5-4-14-37(38)30-46(47)45-18-10-19-51(55(45)56)57(49-27-25-39(32-48(49)56)40-23-26-44-43-17-8-9-20-52(43)58-53(44)33-40)50-28-24-35-12-6-7-16-42(35)54(50)41-22-21-34-11-2-3-13-36(34)29-41/h2-33H,1H3. The zero-order valence-corrected chi connectivity index (χ0v) is 32.6. The zero-order chi connectivity index (χ0) is 38.1. The Bertz CT molecular complexity index is 3550. The second-order valence-electron chi connectivity index (χ2n) is 16.2. The van der Waals surface area contributed by atoms with Gasteiger partial charge in [0.2, 0.25) is 0 Å². The van der Waals surface area contributed by atoms with E-state index in [9.17, 15) is 0 Å². The summed E-state index contributed by atoms with van der Waals surface area (Å²) in [6.45, 7) is 2.48. The minimum atomic E-state index is -0.380. The number of thiophene rings is 1. The van der Waals surface area contributed by atoms with E-state index < -0.39 is 0 Å². The third-order valence-electron chi connectivity index (χ3n) is 13.2. The molecule has 2 aliphatic rings. The minimum absolute atomic E-state index is 0.380. The van der Waals surface area contributed by atoms with E-state index in [1.165, 1.54) is 120 Å². The van der Waals surface area contributed by atoms with Crippen molar-refractivity contribution < 1.29 is 0 Å². The van der Waals surface area contributed by atoms with Crippen LogP contribution in [0.3, 0.4) is 0 Å². The molecule has 0 N–H and O–H groups in total. The lowest BCUT2D eigenvalue weighted by molar-refractivity contribution is 0.703. The molecule has 0 saturated heterocycles. The van der Waals surface area contributed by atoms with Crippen molar-refractivity contribution in [2.75, 3.05) is 4.90 Å². The molecule has 58 heavy (non-hydrogen) atoms. The Balaban J connectivity index is 1.11. The third kappa shape index (κ3) is 4.36. The topological polar surface area (TPSA) is 3.24 Å². The summed E-state index contributed by atoms with van der Waals surface area (Å²) in [7, 11) is 0. The Kier molecular flexibility index (Phi) is 6.52. The number of fused-ring (bicyclic) bond motifs is 11. The lowest BCUT2D eigenvalue weighted by Crippen LogP contribution is -2.32. The van der Waals surface area contributed by atoms with Crippen molar-refractivity contribution >= 4 is 80.9 Å². The fraction of sp³-hybridized carbons (Fsp3) is 0.0357. The lowest BCUT2D eigenvalue weighted by atomic mass is 9.69. The van der Waals surface area contributed by atoms with E-state index in [1.54, 1.807) is 0 Å². The van der Waals surface area contributed by atoms with E-state index in [4.69, 9.17) is 0 Å². The summed E-state index contributed by atoms with van der Waals surface area (Å²) >= 11 is 1.88. The number of rotatable bonds is 3. The molecule has 1 nitrogen and oxygen atoms in total. The largest absolute Gasteiger partial charge is 0.309 e. The van der Waals surface area contributed by atoms with Crippen molar-refractivity contribution in [1.29, 1.82) is 0 Å². The van der Waals surface area contributed by atoms with Crippen molar-refractivity contribution in [2.24, 2.45) is 0 Å². The first kappa shape index (κ1) is 32.1. The summed E-state index contributed by atoms with van der Waals surface area (Å²) < 4.78 is 2.66. The van der Waals surface area contributed by atoms with Crippen LogP contribution in [0.15, 0.2) is 194 Å². The molecular formula is C56H35NS. The van der Waals surface area contributed by atoms with E-state index in [-0.39, 0.29) is 5.41 Å². The molecule has 1 aliphatic carbocycles. The Labute approximate surface area is 340 Å². The number of benzene rings is 10. The van der Waals surface area contributed by atoms with Crippen LogP contribution < -0.4 is 4.90 Å². The van der Waals surface area contributed by atoms with Gasteiger partial charge in [-0.1, -0.05) is 140 Å². The molecule has 0 bridgehead atoms. The number of anilines is 3. The molecule has 270 valence electrons. The summed E-state index contributed by atoms with van der Waals surface area (Å²) in [6, 6.07) is 73.0. The molecule has 10 aromatic carbocycles.